The molecule has 7 aromatic rings. The summed E-state index contributed by atoms with van der Waals surface area (Å²) in [7, 11) is -1.63. The molecule has 5 heteroatoms. The summed E-state index contributed by atoms with van der Waals surface area (Å²) >= 11 is 0. The maximum absolute atomic E-state index is 10.5. The van der Waals surface area contributed by atoms with Crippen LogP contribution in [0.5, 0.6) is 0 Å². The Morgan fingerprint density at radius 3 is 1.29 bits per heavy atom. The number of para-hydroxylation sites is 4. The smallest absolute Gasteiger partial charge is 0.423 e. The zero-order chi connectivity index (χ0) is 23.5. The highest BCUT2D eigenvalue weighted by atomic mass is 16.4. The third-order valence-electron chi connectivity index (χ3n) is 6.95. The summed E-state index contributed by atoms with van der Waals surface area (Å²) in [6, 6.07) is 39.0. The molecule has 0 aliphatic rings. The molecule has 2 heterocycles. The van der Waals surface area contributed by atoms with Crippen molar-refractivity contribution in [2.75, 3.05) is 0 Å². The number of hydrogen-bond acceptors (Lipinski definition) is 2. The standard InChI is InChI=1S/C30H21BN2O2/c34-31(35)25-19-20(32-26-13-5-1-9-21(26)22-10-2-6-14-27(22)32)17-18-30(25)33-28-15-7-3-11-23(28)24-12-4-8-16-29(24)33/h1-19,34-35H. The van der Waals surface area contributed by atoms with Crippen molar-refractivity contribution in [2.24, 2.45) is 0 Å². The van der Waals surface area contributed by atoms with Crippen molar-refractivity contribution >= 4 is 56.2 Å². The molecule has 0 radical (unpaired) electrons. The highest BCUT2D eigenvalue weighted by Gasteiger charge is 2.22. The van der Waals surface area contributed by atoms with Gasteiger partial charge >= 0.3 is 7.12 Å². The van der Waals surface area contributed by atoms with Crippen molar-refractivity contribution in [3.05, 3.63) is 115 Å². The van der Waals surface area contributed by atoms with Crippen LogP contribution in [0.3, 0.4) is 0 Å². The molecule has 0 aliphatic heterocycles. The number of aromatic nitrogens is 2. The SMILES string of the molecule is OB(O)c1cc(-n2c3ccccc3c3ccccc32)ccc1-n1c2ccccc2c2ccccc21. The van der Waals surface area contributed by atoms with E-state index in [1.165, 1.54) is 10.8 Å². The zero-order valence-corrected chi connectivity index (χ0v) is 18.8. The van der Waals surface area contributed by atoms with Crippen LogP contribution >= 0.6 is 0 Å². The molecule has 0 saturated heterocycles. The van der Waals surface area contributed by atoms with Crippen LogP contribution in [0.25, 0.3) is 55.0 Å². The lowest BCUT2D eigenvalue weighted by Crippen LogP contribution is -2.33. The number of hydrogen-bond donors (Lipinski definition) is 2. The van der Waals surface area contributed by atoms with Gasteiger partial charge in [-0.1, -0.05) is 72.8 Å². The van der Waals surface area contributed by atoms with E-state index in [0.717, 1.165) is 44.2 Å². The summed E-state index contributed by atoms with van der Waals surface area (Å²) in [4.78, 5) is 0. The normalized spacial score (nSPS) is 11.7. The molecule has 0 spiro atoms. The Kier molecular flexibility index (Phi) is 4.36. The lowest BCUT2D eigenvalue weighted by molar-refractivity contribution is 0.425. The quantitative estimate of drug-likeness (QED) is 0.345. The first-order valence-corrected chi connectivity index (χ1v) is 11.7. The maximum Gasteiger partial charge on any atom is 0.490 e. The fourth-order valence-electron chi connectivity index (χ4n) is 5.47. The predicted octanol–water partition coefficient (Wildman–Crippen LogP) is 5.56. The second-order valence-corrected chi connectivity index (χ2v) is 8.86. The van der Waals surface area contributed by atoms with Crippen molar-refractivity contribution in [2.45, 2.75) is 0 Å². The molecule has 5 aromatic carbocycles. The van der Waals surface area contributed by atoms with Gasteiger partial charge in [0.2, 0.25) is 0 Å². The monoisotopic (exact) mass is 452 g/mol. The summed E-state index contributed by atoms with van der Waals surface area (Å²) < 4.78 is 4.31. The molecule has 0 atom stereocenters. The van der Waals surface area contributed by atoms with Gasteiger partial charge in [0.05, 0.1) is 22.1 Å². The maximum atomic E-state index is 10.5. The van der Waals surface area contributed by atoms with Crippen LogP contribution in [0.1, 0.15) is 0 Å². The van der Waals surface area contributed by atoms with Gasteiger partial charge in [-0.2, -0.15) is 0 Å². The average Bonchev–Trinajstić information content (AvgIpc) is 3.42. The number of rotatable bonds is 3. The summed E-state index contributed by atoms with van der Waals surface area (Å²) in [5.74, 6) is 0. The molecule has 4 nitrogen and oxygen atoms in total. The molecule has 166 valence electrons. The van der Waals surface area contributed by atoms with Crippen LogP contribution < -0.4 is 5.46 Å². The van der Waals surface area contributed by atoms with Crippen molar-refractivity contribution in [1.29, 1.82) is 0 Å². The Morgan fingerprint density at radius 1 is 0.457 bits per heavy atom. The minimum Gasteiger partial charge on any atom is -0.423 e. The topological polar surface area (TPSA) is 50.3 Å². The van der Waals surface area contributed by atoms with Crippen molar-refractivity contribution in [3.63, 3.8) is 0 Å². The van der Waals surface area contributed by atoms with Gasteiger partial charge in [0.15, 0.2) is 0 Å². The Labute approximate surface area is 202 Å². The second-order valence-electron chi connectivity index (χ2n) is 8.86. The van der Waals surface area contributed by atoms with E-state index in [1.807, 2.05) is 60.7 Å². The number of nitrogens with zero attached hydrogens (tertiary/aromatic N) is 2. The molecule has 2 N–H and O–H groups in total. The molecule has 0 saturated carbocycles. The van der Waals surface area contributed by atoms with E-state index in [4.69, 9.17) is 0 Å². The van der Waals surface area contributed by atoms with Crippen molar-refractivity contribution in [1.82, 2.24) is 9.13 Å². The number of fused-ring (bicyclic) bond motifs is 6. The van der Waals surface area contributed by atoms with Crippen LogP contribution in [0.2, 0.25) is 0 Å². The van der Waals surface area contributed by atoms with Gasteiger partial charge in [-0.05, 0) is 42.5 Å². The zero-order valence-electron chi connectivity index (χ0n) is 18.8. The molecular weight excluding hydrogens is 431 g/mol. The van der Waals surface area contributed by atoms with Gasteiger partial charge in [-0.3, -0.25) is 0 Å². The van der Waals surface area contributed by atoms with Gasteiger partial charge in [0, 0.05) is 38.4 Å². The Hall–Kier alpha value is -4.32. The highest BCUT2D eigenvalue weighted by Crippen LogP contribution is 2.34. The Balaban J connectivity index is 1.54. The van der Waals surface area contributed by atoms with E-state index < -0.39 is 7.12 Å². The summed E-state index contributed by atoms with van der Waals surface area (Å²) in [5, 5.41) is 25.7. The average molecular weight is 452 g/mol. The van der Waals surface area contributed by atoms with Crippen LogP contribution in [0.15, 0.2) is 115 Å². The van der Waals surface area contributed by atoms with Crippen LogP contribution in [-0.4, -0.2) is 26.3 Å². The molecule has 7 rings (SSSR count). The fourth-order valence-corrected chi connectivity index (χ4v) is 5.47. The van der Waals surface area contributed by atoms with Gasteiger partial charge in [-0.15, -0.1) is 0 Å². The molecule has 2 aromatic heterocycles. The third kappa shape index (κ3) is 2.89. The molecule has 0 unspecified atom stereocenters. The molecule has 0 bridgehead atoms. The second kappa shape index (κ2) is 7.60. The first kappa shape index (κ1) is 20.1. The molecular formula is C30H21BN2O2. The summed E-state index contributed by atoms with van der Waals surface area (Å²) in [6.07, 6.45) is 0. The van der Waals surface area contributed by atoms with E-state index in [1.54, 1.807) is 0 Å². The Morgan fingerprint density at radius 2 is 0.857 bits per heavy atom. The van der Waals surface area contributed by atoms with E-state index in [-0.39, 0.29) is 0 Å². The molecule has 0 aliphatic carbocycles. The summed E-state index contributed by atoms with van der Waals surface area (Å²) in [6.45, 7) is 0. The lowest BCUT2D eigenvalue weighted by atomic mass is 9.78. The first-order chi connectivity index (χ1) is 17.2. The lowest BCUT2D eigenvalue weighted by Gasteiger charge is -2.16. The molecule has 0 fully saturated rings. The summed E-state index contributed by atoms with van der Waals surface area (Å²) in [5.41, 5.74) is 6.31. The predicted molar refractivity (Wildman–Crippen MR) is 145 cm³/mol. The third-order valence-corrected chi connectivity index (χ3v) is 6.95. The molecule has 0 amide bonds. The van der Waals surface area contributed by atoms with E-state index in [2.05, 4.69) is 63.7 Å². The van der Waals surface area contributed by atoms with Crippen LogP contribution in [0.4, 0.5) is 0 Å². The van der Waals surface area contributed by atoms with Crippen molar-refractivity contribution < 1.29 is 10.0 Å². The fraction of sp³-hybridized carbons (Fsp3) is 0. The van der Waals surface area contributed by atoms with Crippen LogP contribution in [0, 0.1) is 0 Å². The molecule has 35 heavy (non-hydrogen) atoms. The van der Waals surface area contributed by atoms with Gasteiger partial charge < -0.3 is 19.2 Å². The van der Waals surface area contributed by atoms with Gasteiger partial charge in [0.25, 0.3) is 0 Å². The van der Waals surface area contributed by atoms with Gasteiger partial charge in [-0.25, -0.2) is 0 Å². The van der Waals surface area contributed by atoms with E-state index >= 15 is 0 Å². The number of benzene rings is 5. The van der Waals surface area contributed by atoms with Crippen molar-refractivity contribution in [3.8, 4) is 11.4 Å². The highest BCUT2D eigenvalue weighted by molar-refractivity contribution is 6.60. The minimum atomic E-state index is -1.63. The minimum absolute atomic E-state index is 0.455. The largest absolute Gasteiger partial charge is 0.490 e. The Bertz CT molecular complexity index is 1790. The van der Waals surface area contributed by atoms with Gasteiger partial charge in [0.1, 0.15) is 0 Å². The van der Waals surface area contributed by atoms with Crippen LogP contribution in [-0.2, 0) is 0 Å². The van der Waals surface area contributed by atoms with E-state index in [0.29, 0.717) is 5.46 Å². The van der Waals surface area contributed by atoms with E-state index in [9.17, 15) is 10.0 Å². The first-order valence-electron chi connectivity index (χ1n) is 11.7.